The third-order valence-corrected chi connectivity index (χ3v) is 6.61. The number of fused-ring (bicyclic) bond motifs is 1. The minimum atomic E-state index is -0.380. The third kappa shape index (κ3) is 5.29. The van der Waals surface area contributed by atoms with Crippen molar-refractivity contribution in [2.45, 2.75) is 13.8 Å². The number of nitrogens with two attached hydrogens (primary N) is 1. The van der Waals surface area contributed by atoms with Gasteiger partial charge in [-0.3, -0.25) is 9.59 Å². The summed E-state index contributed by atoms with van der Waals surface area (Å²) in [7, 11) is 1.55. The Kier molecular flexibility index (Phi) is 7.33. The van der Waals surface area contributed by atoms with Gasteiger partial charge in [-0.15, -0.1) is 0 Å². The lowest BCUT2D eigenvalue weighted by atomic mass is 9.93. The molecule has 0 aliphatic rings. The number of aromatic nitrogens is 1. The van der Waals surface area contributed by atoms with Crippen LogP contribution in [-0.4, -0.2) is 30.4 Å². The van der Waals surface area contributed by atoms with Gasteiger partial charge in [0.2, 0.25) is 0 Å². The maximum Gasteiger partial charge on any atom is 0.255 e. The van der Waals surface area contributed by atoms with Crippen molar-refractivity contribution in [3.05, 3.63) is 95.9 Å². The number of rotatable bonds is 7. The number of furan rings is 1. The Morgan fingerprint density at radius 3 is 2.30 bits per heavy atom. The fraction of sp³-hybridized carbons (Fsp3) is 0.156. The second kappa shape index (κ2) is 11.0. The predicted octanol–water partition coefficient (Wildman–Crippen LogP) is 6.30. The first-order chi connectivity index (χ1) is 19.2. The molecule has 0 atom stereocenters. The van der Waals surface area contributed by atoms with Gasteiger partial charge in [-0.05, 0) is 82.8 Å². The van der Waals surface area contributed by atoms with Crippen LogP contribution in [0.4, 0.5) is 10.2 Å². The lowest BCUT2D eigenvalue weighted by Gasteiger charge is -2.14. The molecule has 2 amide bonds. The number of amides is 2. The average Bonchev–Trinajstić information content (AvgIpc) is 3.34. The van der Waals surface area contributed by atoms with Crippen molar-refractivity contribution >= 4 is 28.6 Å². The number of carbonyl (C=O) groups excluding carboxylic acids is 2. The lowest BCUT2D eigenvalue weighted by molar-refractivity contribution is 0.0946. The number of carbonyl (C=O) groups is 2. The second-order valence-electron chi connectivity index (χ2n) is 9.94. The average molecular weight is 537 g/mol. The molecule has 0 aliphatic heterocycles. The van der Waals surface area contributed by atoms with Crippen molar-refractivity contribution in [3.63, 3.8) is 0 Å². The Labute approximate surface area is 231 Å². The van der Waals surface area contributed by atoms with Gasteiger partial charge in [0.1, 0.15) is 23.0 Å². The minimum absolute atomic E-state index is 0.199. The van der Waals surface area contributed by atoms with Gasteiger partial charge in [-0.2, -0.15) is 0 Å². The number of anilines is 1. The fourth-order valence-corrected chi connectivity index (χ4v) is 4.60. The number of nitrogen functional groups attached to an aromatic ring is 1. The van der Waals surface area contributed by atoms with Crippen molar-refractivity contribution in [1.29, 1.82) is 0 Å². The maximum atomic E-state index is 13.6. The van der Waals surface area contributed by atoms with Crippen LogP contribution in [0, 0.1) is 11.7 Å². The molecule has 2 aromatic heterocycles. The van der Waals surface area contributed by atoms with E-state index in [1.54, 1.807) is 37.5 Å². The molecule has 0 bridgehead atoms. The van der Waals surface area contributed by atoms with Gasteiger partial charge in [0.15, 0.2) is 0 Å². The molecule has 4 N–H and O–H groups in total. The number of hydrogen-bond donors (Lipinski definition) is 3. The van der Waals surface area contributed by atoms with E-state index in [0.29, 0.717) is 45.8 Å². The molecule has 0 radical (unpaired) electrons. The van der Waals surface area contributed by atoms with E-state index in [4.69, 9.17) is 10.2 Å². The van der Waals surface area contributed by atoms with E-state index in [-0.39, 0.29) is 23.5 Å². The van der Waals surface area contributed by atoms with Crippen LogP contribution in [0.5, 0.6) is 0 Å². The highest BCUT2D eigenvalue weighted by Crippen LogP contribution is 2.37. The minimum Gasteiger partial charge on any atom is -0.455 e. The standard InChI is InChI=1S/C32H29FN4O3/c1-18(2)17-37-31(38)25-14-20(6-10-24(25)22-12-13-36-28(34)16-22)21-7-11-27-26(15-21)29(32(39)35-3)30(40-27)19-4-8-23(33)9-5-19/h4-16,18H,17H2,1-3H3,(H2,34,36)(H,35,39)(H,37,38). The topological polar surface area (TPSA) is 110 Å². The summed E-state index contributed by atoms with van der Waals surface area (Å²) >= 11 is 0. The first-order valence-electron chi connectivity index (χ1n) is 12.9. The first kappa shape index (κ1) is 26.6. The van der Waals surface area contributed by atoms with Gasteiger partial charge < -0.3 is 20.8 Å². The summed E-state index contributed by atoms with van der Waals surface area (Å²) in [4.78, 5) is 30.4. The van der Waals surface area contributed by atoms with Crippen molar-refractivity contribution in [2.75, 3.05) is 19.3 Å². The molecule has 0 saturated carbocycles. The van der Waals surface area contributed by atoms with Gasteiger partial charge in [-0.25, -0.2) is 9.37 Å². The normalized spacial score (nSPS) is 11.1. The third-order valence-electron chi connectivity index (χ3n) is 6.61. The predicted molar refractivity (Wildman–Crippen MR) is 155 cm³/mol. The van der Waals surface area contributed by atoms with Crippen molar-refractivity contribution in [3.8, 4) is 33.6 Å². The first-order valence-corrected chi connectivity index (χ1v) is 12.9. The van der Waals surface area contributed by atoms with Crippen molar-refractivity contribution < 1.29 is 18.4 Å². The summed E-state index contributed by atoms with van der Waals surface area (Å²) in [6.45, 7) is 4.60. The van der Waals surface area contributed by atoms with Crippen molar-refractivity contribution in [2.24, 2.45) is 5.92 Å². The van der Waals surface area contributed by atoms with Gasteiger partial charge in [0.05, 0.1) is 5.56 Å². The highest BCUT2D eigenvalue weighted by Gasteiger charge is 2.22. The van der Waals surface area contributed by atoms with Crippen LogP contribution in [0.3, 0.4) is 0 Å². The van der Waals surface area contributed by atoms with Crippen LogP contribution >= 0.6 is 0 Å². The molecule has 2 heterocycles. The Morgan fingerprint density at radius 1 is 0.900 bits per heavy atom. The lowest BCUT2D eigenvalue weighted by Crippen LogP contribution is -2.27. The van der Waals surface area contributed by atoms with Gasteiger partial charge in [0.25, 0.3) is 11.8 Å². The van der Waals surface area contributed by atoms with E-state index >= 15 is 0 Å². The zero-order valence-electron chi connectivity index (χ0n) is 22.4. The van der Waals surface area contributed by atoms with Crippen LogP contribution in [0.2, 0.25) is 0 Å². The van der Waals surface area contributed by atoms with E-state index < -0.39 is 0 Å². The number of halogens is 1. The molecular weight excluding hydrogens is 507 g/mol. The van der Waals surface area contributed by atoms with Gasteiger partial charge in [0, 0.05) is 36.3 Å². The number of nitrogens with one attached hydrogen (secondary N) is 2. The molecule has 8 heteroatoms. The monoisotopic (exact) mass is 536 g/mol. The second-order valence-corrected chi connectivity index (χ2v) is 9.94. The van der Waals surface area contributed by atoms with E-state index in [2.05, 4.69) is 15.6 Å². The van der Waals surface area contributed by atoms with Crippen LogP contribution in [0.1, 0.15) is 34.6 Å². The van der Waals surface area contributed by atoms with Crippen LogP contribution in [0.25, 0.3) is 44.5 Å². The Morgan fingerprint density at radius 2 is 1.60 bits per heavy atom. The summed E-state index contributed by atoms with van der Waals surface area (Å²) in [5, 5.41) is 6.29. The van der Waals surface area contributed by atoms with Crippen LogP contribution in [0.15, 0.2) is 83.4 Å². The maximum absolute atomic E-state index is 13.6. The Balaban J connectivity index is 1.64. The zero-order chi connectivity index (χ0) is 28.4. The molecule has 202 valence electrons. The van der Waals surface area contributed by atoms with E-state index in [9.17, 15) is 14.0 Å². The van der Waals surface area contributed by atoms with Gasteiger partial charge in [-0.1, -0.05) is 32.0 Å². The molecular formula is C32H29FN4O3. The number of hydrogen-bond acceptors (Lipinski definition) is 5. The van der Waals surface area contributed by atoms with Crippen molar-refractivity contribution in [1.82, 2.24) is 15.6 Å². The molecule has 0 saturated heterocycles. The molecule has 3 aromatic carbocycles. The zero-order valence-corrected chi connectivity index (χ0v) is 22.4. The fourth-order valence-electron chi connectivity index (χ4n) is 4.60. The number of benzene rings is 3. The quantitative estimate of drug-likeness (QED) is 0.226. The van der Waals surface area contributed by atoms with E-state index in [1.807, 2.05) is 50.2 Å². The Bertz CT molecular complexity index is 1720. The molecule has 0 spiro atoms. The number of nitrogens with zero attached hydrogens (tertiary/aromatic N) is 1. The molecule has 5 rings (SSSR count). The van der Waals surface area contributed by atoms with E-state index in [1.165, 1.54) is 12.1 Å². The molecule has 0 aliphatic carbocycles. The molecule has 7 nitrogen and oxygen atoms in total. The summed E-state index contributed by atoms with van der Waals surface area (Å²) < 4.78 is 19.6. The molecule has 5 aromatic rings. The van der Waals surface area contributed by atoms with Crippen LogP contribution in [-0.2, 0) is 0 Å². The van der Waals surface area contributed by atoms with Gasteiger partial charge >= 0.3 is 0 Å². The SMILES string of the molecule is CNC(=O)c1c(-c2ccc(F)cc2)oc2ccc(-c3ccc(-c4ccnc(N)c4)c(C(=O)NCC(C)C)c3)cc12. The van der Waals surface area contributed by atoms with E-state index in [0.717, 1.165) is 22.3 Å². The molecule has 0 unspecified atom stereocenters. The Hall–Kier alpha value is -4.98. The van der Waals surface area contributed by atoms with Crippen LogP contribution < -0.4 is 16.4 Å². The summed E-state index contributed by atoms with van der Waals surface area (Å²) in [5.41, 5.74) is 11.0. The molecule has 40 heavy (non-hydrogen) atoms. The molecule has 0 fully saturated rings. The summed E-state index contributed by atoms with van der Waals surface area (Å²) in [6, 6.07) is 20.5. The smallest absolute Gasteiger partial charge is 0.255 e. The highest BCUT2D eigenvalue weighted by atomic mass is 19.1. The largest absolute Gasteiger partial charge is 0.455 e. The summed E-state index contributed by atoms with van der Waals surface area (Å²) in [6.07, 6.45) is 1.61. The summed E-state index contributed by atoms with van der Waals surface area (Å²) in [5.74, 6) is 0.0959. The number of pyridine rings is 1. The highest BCUT2D eigenvalue weighted by molar-refractivity contribution is 6.12.